The summed E-state index contributed by atoms with van der Waals surface area (Å²) in [5.41, 5.74) is -1.13. The van der Waals surface area contributed by atoms with E-state index in [1.807, 2.05) is 18.6 Å². The van der Waals surface area contributed by atoms with Crippen molar-refractivity contribution in [2.45, 2.75) is 30.8 Å². The second-order valence-electron chi connectivity index (χ2n) is 5.85. The molecule has 0 spiro atoms. The maximum absolute atomic E-state index is 13.2. The number of halogens is 4. The van der Waals surface area contributed by atoms with Gasteiger partial charge in [0.1, 0.15) is 5.75 Å². The van der Waals surface area contributed by atoms with Crippen molar-refractivity contribution in [1.82, 2.24) is 0 Å². The Hall–Kier alpha value is -1.93. The molecular formula is C17H17ClF3NO3S. The first-order valence-corrected chi connectivity index (χ1v) is 9.39. The molecule has 4 nitrogen and oxygen atoms in total. The van der Waals surface area contributed by atoms with Crippen LogP contribution in [0.3, 0.4) is 0 Å². The highest BCUT2D eigenvalue weighted by molar-refractivity contribution is 7.92. The summed E-state index contributed by atoms with van der Waals surface area (Å²) >= 11 is 5.61. The molecule has 2 aromatic rings. The molecule has 142 valence electrons. The maximum Gasteiger partial charge on any atom is 0.418 e. The van der Waals surface area contributed by atoms with E-state index in [0.717, 1.165) is 6.07 Å². The highest BCUT2D eigenvalue weighted by Crippen LogP contribution is 2.37. The molecular weight excluding hydrogens is 391 g/mol. The lowest BCUT2D eigenvalue weighted by Crippen LogP contribution is -2.17. The van der Waals surface area contributed by atoms with Gasteiger partial charge < -0.3 is 4.74 Å². The Kier molecular flexibility index (Phi) is 5.77. The Morgan fingerprint density at radius 2 is 1.77 bits per heavy atom. The van der Waals surface area contributed by atoms with Crippen LogP contribution in [-0.2, 0) is 16.2 Å². The van der Waals surface area contributed by atoms with Crippen LogP contribution in [0.2, 0.25) is 5.02 Å². The lowest BCUT2D eigenvalue weighted by Gasteiger charge is -2.17. The van der Waals surface area contributed by atoms with Crippen LogP contribution in [0.15, 0.2) is 41.3 Å². The molecule has 0 radical (unpaired) electrons. The first-order valence-electron chi connectivity index (χ1n) is 7.53. The third-order valence-corrected chi connectivity index (χ3v) is 5.26. The topological polar surface area (TPSA) is 55.4 Å². The SMILES string of the molecule is COc1ccc(S(=O)(=O)Nc2ccc(Cl)cc2C(F)(F)F)cc1C(C)C. The van der Waals surface area contributed by atoms with Crippen molar-refractivity contribution in [3.63, 3.8) is 0 Å². The van der Waals surface area contributed by atoms with Crippen LogP contribution in [0.1, 0.15) is 30.9 Å². The lowest BCUT2D eigenvalue weighted by molar-refractivity contribution is -0.136. The third kappa shape index (κ3) is 4.42. The van der Waals surface area contributed by atoms with Crippen molar-refractivity contribution >= 4 is 27.3 Å². The second-order valence-corrected chi connectivity index (χ2v) is 7.97. The molecule has 0 aromatic heterocycles. The highest BCUT2D eigenvalue weighted by Gasteiger charge is 2.35. The van der Waals surface area contributed by atoms with Crippen LogP contribution in [0.5, 0.6) is 5.75 Å². The van der Waals surface area contributed by atoms with Gasteiger partial charge in [-0.15, -0.1) is 0 Å². The molecule has 26 heavy (non-hydrogen) atoms. The normalized spacial score (nSPS) is 12.3. The summed E-state index contributed by atoms with van der Waals surface area (Å²) in [6, 6.07) is 6.96. The van der Waals surface area contributed by atoms with E-state index >= 15 is 0 Å². The predicted molar refractivity (Wildman–Crippen MR) is 94.3 cm³/mol. The average molecular weight is 408 g/mol. The van der Waals surface area contributed by atoms with Crippen molar-refractivity contribution in [2.24, 2.45) is 0 Å². The first-order chi connectivity index (χ1) is 12.0. The molecule has 0 fully saturated rings. The molecule has 0 aliphatic rings. The quantitative estimate of drug-likeness (QED) is 0.732. The fraction of sp³-hybridized carbons (Fsp3) is 0.294. The number of ether oxygens (including phenoxy) is 1. The van der Waals surface area contributed by atoms with Crippen molar-refractivity contribution in [3.8, 4) is 5.75 Å². The fourth-order valence-corrected chi connectivity index (χ4v) is 3.66. The van der Waals surface area contributed by atoms with Gasteiger partial charge in [-0.25, -0.2) is 8.42 Å². The van der Waals surface area contributed by atoms with E-state index in [1.165, 1.54) is 31.4 Å². The molecule has 0 heterocycles. The standard InChI is InChI=1S/C17H17ClF3NO3S/c1-10(2)13-9-12(5-7-16(13)25-3)26(23,24)22-15-6-4-11(18)8-14(15)17(19,20)21/h4-10,22H,1-3H3. The van der Waals surface area contributed by atoms with Crippen molar-refractivity contribution in [2.75, 3.05) is 11.8 Å². The smallest absolute Gasteiger partial charge is 0.418 e. The van der Waals surface area contributed by atoms with Gasteiger partial charge in [0.2, 0.25) is 0 Å². The summed E-state index contributed by atoms with van der Waals surface area (Å²) in [6.45, 7) is 3.70. The summed E-state index contributed by atoms with van der Waals surface area (Å²) in [6.07, 6.45) is -4.76. The fourth-order valence-electron chi connectivity index (χ4n) is 2.37. The van der Waals surface area contributed by atoms with E-state index in [-0.39, 0.29) is 15.8 Å². The number of nitrogens with one attached hydrogen (secondary N) is 1. The Balaban J connectivity index is 2.49. The van der Waals surface area contributed by atoms with Gasteiger partial charge in [-0.1, -0.05) is 25.4 Å². The Bertz CT molecular complexity index is 912. The molecule has 0 bridgehead atoms. The molecule has 0 aliphatic carbocycles. The molecule has 2 aromatic carbocycles. The van der Waals surface area contributed by atoms with Gasteiger partial charge in [0.05, 0.1) is 23.3 Å². The predicted octanol–water partition coefficient (Wildman–Crippen LogP) is 5.29. The zero-order chi connectivity index (χ0) is 19.7. The van der Waals surface area contributed by atoms with Gasteiger partial charge in [0.25, 0.3) is 10.0 Å². The van der Waals surface area contributed by atoms with Crippen LogP contribution >= 0.6 is 11.6 Å². The minimum Gasteiger partial charge on any atom is -0.496 e. The number of anilines is 1. The average Bonchev–Trinajstić information content (AvgIpc) is 2.54. The zero-order valence-corrected chi connectivity index (χ0v) is 15.8. The summed E-state index contributed by atoms with van der Waals surface area (Å²) in [7, 11) is -2.78. The van der Waals surface area contributed by atoms with E-state index in [1.54, 1.807) is 0 Å². The molecule has 0 saturated carbocycles. The monoisotopic (exact) mass is 407 g/mol. The largest absolute Gasteiger partial charge is 0.496 e. The van der Waals surface area contributed by atoms with E-state index in [9.17, 15) is 21.6 Å². The molecule has 0 unspecified atom stereocenters. The minimum atomic E-state index is -4.76. The number of sulfonamides is 1. The van der Waals surface area contributed by atoms with Crippen molar-refractivity contribution in [3.05, 3.63) is 52.5 Å². The number of rotatable bonds is 5. The van der Waals surface area contributed by atoms with Gasteiger partial charge in [0.15, 0.2) is 0 Å². The Morgan fingerprint density at radius 3 is 2.31 bits per heavy atom. The van der Waals surface area contributed by atoms with Gasteiger partial charge in [-0.2, -0.15) is 13.2 Å². The van der Waals surface area contributed by atoms with Crippen LogP contribution in [0.25, 0.3) is 0 Å². The summed E-state index contributed by atoms with van der Waals surface area (Å²) in [5.74, 6) is 0.461. The van der Waals surface area contributed by atoms with E-state index < -0.39 is 27.5 Å². The first kappa shape index (κ1) is 20.4. The molecule has 0 atom stereocenters. The van der Waals surface area contributed by atoms with Crippen LogP contribution in [0, 0.1) is 0 Å². The number of alkyl halides is 3. The van der Waals surface area contributed by atoms with Gasteiger partial charge in [-0.3, -0.25) is 4.72 Å². The van der Waals surface area contributed by atoms with Gasteiger partial charge >= 0.3 is 6.18 Å². The van der Waals surface area contributed by atoms with E-state index in [2.05, 4.69) is 0 Å². The van der Waals surface area contributed by atoms with Crippen LogP contribution in [-0.4, -0.2) is 15.5 Å². The maximum atomic E-state index is 13.2. The minimum absolute atomic E-state index is 0.0404. The van der Waals surface area contributed by atoms with Crippen molar-refractivity contribution < 1.29 is 26.3 Å². The second kappa shape index (κ2) is 7.36. The Morgan fingerprint density at radius 1 is 1.12 bits per heavy atom. The van der Waals surface area contributed by atoms with Gasteiger partial charge in [0, 0.05) is 5.02 Å². The van der Waals surface area contributed by atoms with E-state index in [4.69, 9.17) is 16.3 Å². The third-order valence-electron chi connectivity index (χ3n) is 3.66. The molecule has 0 saturated heterocycles. The molecule has 0 amide bonds. The number of methoxy groups -OCH3 is 1. The van der Waals surface area contributed by atoms with Gasteiger partial charge in [-0.05, 0) is 47.9 Å². The number of benzene rings is 2. The zero-order valence-electron chi connectivity index (χ0n) is 14.2. The lowest BCUT2D eigenvalue weighted by atomic mass is 10.0. The van der Waals surface area contributed by atoms with Crippen LogP contribution < -0.4 is 9.46 Å². The summed E-state index contributed by atoms with van der Waals surface area (Å²) in [5, 5.41) is -0.146. The molecule has 9 heteroatoms. The van der Waals surface area contributed by atoms with E-state index in [0.29, 0.717) is 17.4 Å². The van der Waals surface area contributed by atoms with Crippen molar-refractivity contribution in [1.29, 1.82) is 0 Å². The number of hydrogen-bond donors (Lipinski definition) is 1. The molecule has 0 aliphatic heterocycles. The number of hydrogen-bond acceptors (Lipinski definition) is 3. The molecule has 1 N–H and O–H groups in total. The summed E-state index contributed by atoms with van der Waals surface area (Å²) in [4.78, 5) is -0.162. The summed E-state index contributed by atoms with van der Waals surface area (Å²) < 4.78 is 71.9. The van der Waals surface area contributed by atoms with Crippen LogP contribution in [0.4, 0.5) is 18.9 Å². The molecule has 2 rings (SSSR count). The highest BCUT2D eigenvalue weighted by atomic mass is 35.5. The Labute approximate surface area is 155 Å².